The van der Waals surface area contributed by atoms with Gasteiger partial charge >= 0.3 is 0 Å². The lowest BCUT2D eigenvalue weighted by Gasteiger charge is -2.21. The number of amides is 2. The zero-order chi connectivity index (χ0) is 20.0. The predicted octanol–water partition coefficient (Wildman–Crippen LogP) is 4.05. The summed E-state index contributed by atoms with van der Waals surface area (Å²) in [4.78, 5) is 25.9. The lowest BCUT2D eigenvalue weighted by molar-refractivity contribution is -0.117. The Morgan fingerprint density at radius 2 is 1.78 bits per heavy atom. The Balaban J connectivity index is 2.06. The number of aryl methyl sites for hydroxylation is 1. The van der Waals surface area contributed by atoms with E-state index < -0.39 is 0 Å². The van der Waals surface area contributed by atoms with Crippen molar-refractivity contribution in [1.82, 2.24) is 0 Å². The van der Waals surface area contributed by atoms with Crippen LogP contribution in [-0.2, 0) is 9.59 Å². The van der Waals surface area contributed by atoms with Crippen LogP contribution in [0.15, 0.2) is 36.4 Å². The fourth-order valence-electron chi connectivity index (χ4n) is 2.59. The zero-order valence-corrected chi connectivity index (χ0v) is 16.6. The third kappa shape index (κ3) is 5.37. The van der Waals surface area contributed by atoms with Gasteiger partial charge in [0.15, 0.2) is 0 Å². The van der Waals surface area contributed by atoms with Gasteiger partial charge in [0.1, 0.15) is 11.5 Å². The van der Waals surface area contributed by atoms with Crippen LogP contribution in [0.1, 0.15) is 18.9 Å². The number of nitrogens with one attached hydrogen (secondary N) is 1. The highest BCUT2D eigenvalue weighted by Gasteiger charge is 2.15. The van der Waals surface area contributed by atoms with E-state index in [1.807, 2.05) is 6.92 Å². The van der Waals surface area contributed by atoms with Gasteiger partial charge in [-0.15, -0.1) is 0 Å². The molecule has 0 radical (unpaired) electrons. The van der Waals surface area contributed by atoms with E-state index in [4.69, 9.17) is 21.1 Å². The highest BCUT2D eigenvalue weighted by molar-refractivity contribution is 6.31. The lowest BCUT2D eigenvalue weighted by Crippen LogP contribution is -2.31. The second-order valence-corrected chi connectivity index (χ2v) is 6.38. The molecule has 0 aliphatic carbocycles. The topological polar surface area (TPSA) is 67.9 Å². The molecule has 2 aromatic rings. The van der Waals surface area contributed by atoms with Gasteiger partial charge in [0.25, 0.3) is 0 Å². The van der Waals surface area contributed by atoms with Gasteiger partial charge in [-0.25, -0.2) is 0 Å². The zero-order valence-electron chi connectivity index (χ0n) is 15.8. The fourth-order valence-corrected chi connectivity index (χ4v) is 2.74. The molecule has 2 amide bonds. The number of halogens is 1. The quantitative estimate of drug-likeness (QED) is 0.774. The van der Waals surface area contributed by atoms with E-state index in [-0.39, 0.29) is 24.8 Å². The van der Waals surface area contributed by atoms with Gasteiger partial charge in [0, 0.05) is 36.7 Å². The van der Waals surface area contributed by atoms with Crippen molar-refractivity contribution in [3.63, 3.8) is 0 Å². The number of carbonyl (C=O) groups is 2. The molecule has 1 N–H and O–H groups in total. The molecule has 2 rings (SSSR count). The molecule has 0 bridgehead atoms. The largest absolute Gasteiger partial charge is 0.497 e. The molecule has 0 unspecified atom stereocenters. The minimum absolute atomic E-state index is 0.135. The van der Waals surface area contributed by atoms with Crippen molar-refractivity contribution in [1.29, 1.82) is 0 Å². The van der Waals surface area contributed by atoms with Crippen molar-refractivity contribution >= 4 is 34.8 Å². The SMILES string of the molecule is COc1ccc(N(CCC(=O)Nc2cc(C)c(Cl)cc2OC)C(C)=O)cc1. The Bertz CT molecular complexity index is 821. The average molecular weight is 391 g/mol. The van der Waals surface area contributed by atoms with Crippen molar-refractivity contribution in [2.75, 3.05) is 31.0 Å². The number of carbonyl (C=O) groups excluding carboxylic acids is 2. The smallest absolute Gasteiger partial charge is 0.226 e. The molecule has 0 aromatic heterocycles. The van der Waals surface area contributed by atoms with E-state index in [9.17, 15) is 9.59 Å². The van der Waals surface area contributed by atoms with Crippen LogP contribution in [-0.4, -0.2) is 32.6 Å². The Hall–Kier alpha value is -2.73. The Morgan fingerprint density at radius 1 is 1.11 bits per heavy atom. The fraction of sp³-hybridized carbons (Fsp3) is 0.300. The van der Waals surface area contributed by atoms with E-state index in [1.165, 1.54) is 14.0 Å². The van der Waals surface area contributed by atoms with Gasteiger partial charge in [-0.05, 0) is 42.8 Å². The number of nitrogens with zero attached hydrogens (tertiary/aromatic N) is 1. The van der Waals surface area contributed by atoms with Crippen LogP contribution in [0.3, 0.4) is 0 Å². The molecule has 0 saturated carbocycles. The highest BCUT2D eigenvalue weighted by atomic mass is 35.5. The number of benzene rings is 2. The van der Waals surface area contributed by atoms with E-state index >= 15 is 0 Å². The van der Waals surface area contributed by atoms with Crippen molar-refractivity contribution in [3.8, 4) is 11.5 Å². The maximum atomic E-state index is 12.4. The van der Waals surface area contributed by atoms with Gasteiger partial charge in [0.2, 0.25) is 11.8 Å². The first-order chi connectivity index (χ1) is 12.8. The van der Waals surface area contributed by atoms with E-state index in [1.54, 1.807) is 48.4 Å². The Labute approximate surface area is 164 Å². The number of hydrogen-bond donors (Lipinski definition) is 1. The van der Waals surface area contributed by atoms with Gasteiger partial charge in [-0.2, -0.15) is 0 Å². The van der Waals surface area contributed by atoms with Crippen LogP contribution in [0.4, 0.5) is 11.4 Å². The summed E-state index contributed by atoms with van der Waals surface area (Å²) in [6, 6.07) is 10.5. The molecule has 0 atom stereocenters. The molecule has 0 spiro atoms. The number of anilines is 2. The maximum absolute atomic E-state index is 12.4. The molecular weight excluding hydrogens is 368 g/mol. The molecule has 0 aliphatic rings. The molecule has 0 saturated heterocycles. The summed E-state index contributed by atoms with van der Waals surface area (Å²) in [5, 5.41) is 3.38. The maximum Gasteiger partial charge on any atom is 0.226 e. The summed E-state index contributed by atoms with van der Waals surface area (Å²) in [5.41, 5.74) is 2.08. The van der Waals surface area contributed by atoms with Gasteiger partial charge in [0.05, 0.1) is 19.9 Å². The van der Waals surface area contributed by atoms with Crippen LogP contribution >= 0.6 is 11.6 Å². The van der Waals surface area contributed by atoms with E-state index in [2.05, 4.69) is 5.32 Å². The molecule has 6 nitrogen and oxygen atoms in total. The Kier molecular flexibility index (Phi) is 7.07. The summed E-state index contributed by atoms with van der Waals surface area (Å²) < 4.78 is 10.4. The molecular formula is C20H23ClN2O4. The van der Waals surface area contributed by atoms with Crippen LogP contribution < -0.4 is 19.7 Å². The number of methoxy groups -OCH3 is 2. The standard InChI is InChI=1S/C20H23ClN2O4/c1-13-11-18(19(27-4)12-17(13)21)22-20(25)9-10-23(14(2)24)15-5-7-16(26-3)8-6-15/h5-8,11-12H,9-10H2,1-4H3,(H,22,25). The third-order valence-electron chi connectivity index (χ3n) is 4.08. The summed E-state index contributed by atoms with van der Waals surface area (Å²) in [7, 11) is 3.09. The van der Waals surface area contributed by atoms with Crippen LogP contribution in [0.25, 0.3) is 0 Å². The third-order valence-corrected chi connectivity index (χ3v) is 4.49. The molecule has 144 valence electrons. The van der Waals surface area contributed by atoms with Crippen molar-refractivity contribution in [3.05, 3.63) is 47.0 Å². The molecule has 2 aromatic carbocycles. The van der Waals surface area contributed by atoms with Crippen molar-refractivity contribution in [2.24, 2.45) is 0 Å². The van der Waals surface area contributed by atoms with Crippen LogP contribution in [0.2, 0.25) is 5.02 Å². The number of ether oxygens (including phenoxy) is 2. The normalized spacial score (nSPS) is 10.3. The minimum Gasteiger partial charge on any atom is -0.497 e. The molecule has 0 aliphatic heterocycles. The summed E-state index contributed by atoms with van der Waals surface area (Å²) >= 11 is 6.08. The highest BCUT2D eigenvalue weighted by Crippen LogP contribution is 2.31. The predicted molar refractivity (Wildman–Crippen MR) is 107 cm³/mol. The van der Waals surface area contributed by atoms with E-state index in [0.717, 1.165) is 5.56 Å². The van der Waals surface area contributed by atoms with Gasteiger partial charge in [-0.1, -0.05) is 11.6 Å². The van der Waals surface area contributed by atoms with Crippen LogP contribution in [0.5, 0.6) is 11.5 Å². The van der Waals surface area contributed by atoms with Gasteiger partial charge in [-0.3, -0.25) is 9.59 Å². The monoisotopic (exact) mass is 390 g/mol. The molecule has 7 heteroatoms. The van der Waals surface area contributed by atoms with Crippen LogP contribution in [0, 0.1) is 6.92 Å². The van der Waals surface area contributed by atoms with Gasteiger partial charge < -0.3 is 19.7 Å². The molecule has 27 heavy (non-hydrogen) atoms. The first-order valence-corrected chi connectivity index (χ1v) is 8.79. The average Bonchev–Trinajstić information content (AvgIpc) is 2.65. The summed E-state index contributed by atoms with van der Waals surface area (Å²) in [5.74, 6) is 0.811. The first-order valence-electron chi connectivity index (χ1n) is 8.42. The molecule has 0 heterocycles. The number of hydrogen-bond acceptors (Lipinski definition) is 4. The molecule has 0 fully saturated rings. The van der Waals surface area contributed by atoms with Crippen molar-refractivity contribution < 1.29 is 19.1 Å². The summed E-state index contributed by atoms with van der Waals surface area (Å²) in [6.45, 7) is 3.56. The lowest BCUT2D eigenvalue weighted by atomic mass is 10.2. The number of rotatable bonds is 7. The second-order valence-electron chi connectivity index (χ2n) is 5.97. The first kappa shape index (κ1) is 20.6. The minimum atomic E-state index is -0.227. The Morgan fingerprint density at radius 3 is 2.33 bits per heavy atom. The summed E-state index contributed by atoms with van der Waals surface area (Å²) in [6.07, 6.45) is 0.135. The second kappa shape index (κ2) is 9.28. The van der Waals surface area contributed by atoms with E-state index in [0.29, 0.717) is 27.9 Å². The van der Waals surface area contributed by atoms with Crippen molar-refractivity contribution in [2.45, 2.75) is 20.3 Å².